The summed E-state index contributed by atoms with van der Waals surface area (Å²) in [7, 11) is 2.98. The standard InChI is InChI=1S/C21H16N4O4/c1-12-5-4-8-24-18(12)23-19-15(21(24)27)9-13(11-22)20(26)25(19)16-7-6-14(28-2)10-17(16)29-3/h4-10H,1-3H3. The number of fused-ring (bicyclic) bond motifs is 2. The van der Waals surface area contributed by atoms with Crippen molar-refractivity contribution < 1.29 is 9.47 Å². The summed E-state index contributed by atoms with van der Waals surface area (Å²) < 4.78 is 13.3. The van der Waals surface area contributed by atoms with Gasteiger partial charge in [-0.05, 0) is 36.8 Å². The molecular formula is C21H16N4O4. The van der Waals surface area contributed by atoms with Crippen molar-refractivity contribution in [1.82, 2.24) is 14.0 Å². The van der Waals surface area contributed by atoms with E-state index in [2.05, 4.69) is 4.98 Å². The Labute approximate surface area is 164 Å². The van der Waals surface area contributed by atoms with Gasteiger partial charge >= 0.3 is 0 Å². The van der Waals surface area contributed by atoms with Gasteiger partial charge in [0.15, 0.2) is 5.65 Å². The number of aromatic nitrogens is 3. The second-order valence-electron chi connectivity index (χ2n) is 6.39. The Hall–Kier alpha value is -4.12. The van der Waals surface area contributed by atoms with Crippen LogP contribution in [0, 0.1) is 18.3 Å². The van der Waals surface area contributed by atoms with Crippen molar-refractivity contribution in [3.63, 3.8) is 0 Å². The van der Waals surface area contributed by atoms with Gasteiger partial charge in [0.25, 0.3) is 11.1 Å². The van der Waals surface area contributed by atoms with Gasteiger partial charge in [0, 0.05) is 12.3 Å². The fourth-order valence-corrected chi connectivity index (χ4v) is 3.29. The van der Waals surface area contributed by atoms with Crippen LogP contribution in [0.3, 0.4) is 0 Å². The summed E-state index contributed by atoms with van der Waals surface area (Å²) in [6.07, 6.45) is 1.60. The van der Waals surface area contributed by atoms with Crippen LogP contribution in [0.5, 0.6) is 11.5 Å². The predicted molar refractivity (Wildman–Crippen MR) is 107 cm³/mol. The highest BCUT2D eigenvalue weighted by atomic mass is 16.5. The molecule has 0 fully saturated rings. The molecule has 4 rings (SSSR count). The van der Waals surface area contributed by atoms with Crippen LogP contribution in [0.1, 0.15) is 11.1 Å². The van der Waals surface area contributed by atoms with Gasteiger partial charge in [-0.15, -0.1) is 0 Å². The van der Waals surface area contributed by atoms with E-state index < -0.39 is 5.56 Å². The van der Waals surface area contributed by atoms with E-state index in [4.69, 9.17) is 9.47 Å². The lowest BCUT2D eigenvalue weighted by atomic mass is 10.2. The van der Waals surface area contributed by atoms with Gasteiger partial charge in [-0.3, -0.25) is 18.6 Å². The number of hydrogen-bond donors (Lipinski definition) is 0. The molecule has 144 valence electrons. The van der Waals surface area contributed by atoms with Crippen molar-refractivity contribution >= 4 is 16.7 Å². The second-order valence-corrected chi connectivity index (χ2v) is 6.39. The van der Waals surface area contributed by atoms with E-state index in [1.165, 1.54) is 29.3 Å². The quantitative estimate of drug-likeness (QED) is 0.499. The first kappa shape index (κ1) is 18.3. The zero-order valence-corrected chi connectivity index (χ0v) is 16.0. The molecule has 0 aliphatic rings. The summed E-state index contributed by atoms with van der Waals surface area (Å²) in [5, 5.41) is 9.62. The summed E-state index contributed by atoms with van der Waals surface area (Å²) in [6, 6.07) is 11.6. The van der Waals surface area contributed by atoms with E-state index in [1.54, 1.807) is 30.5 Å². The number of aryl methyl sites for hydroxylation is 1. The van der Waals surface area contributed by atoms with E-state index in [0.29, 0.717) is 22.8 Å². The molecule has 8 heteroatoms. The molecule has 0 spiro atoms. The number of hydrogen-bond acceptors (Lipinski definition) is 6. The molecule has 29 heavy (non-hydrogen) atoms. The third-order valence-electron chi connectivity index (χ3n) is 4.75. The van der Waals surface area contributed by atoms with E-state index in [9.17, 15) is 14.9 Å². The van der Waals surface area contributed by atoms with Crippen LogP contribution >= 0.6 is 0 Å². The first-order valence-electron chi connectivity index (χ1n) is 8.70. The minimum atomic E-state index is -0.590. The SMILES string of the molecule is COc1ccc(-n2c(=O)c(C#N)cc3c(=O)n4cccc(C)c4nc32)c(OC)c1. The lowest BCUT2D eigenvalue weighted by molar-refractivity contribution is 0.393. The molecule has 3 heterocycles. The number of methoxy groups -OCH3 is 2. The minimum absolute atomic E-state index is 0.150. The lowest BCUT2D eigenvalue weighted by Crippen LogP contribution is -2.26. The van der Waals surface area contributed by atoms with Crippen LogP contribution in [0.2, 0.25) is 0 Å². The molecule has 3 aromatic heterocycles. The number of nitrogens with zero attached hydrogens (tertiary/aromatic N) is 4. The smallest absolute Gasteiger partial charge is 0.274 e. The Morgan fingerprint density at radius 3 is 2.52 bits per heavy atom. The van der Waals surface area contributed by atoms with Crippen LogP contribution in [0.15, 0.2) is 52.2 Å². The highest BCUT2D eigenvalue weighted by Gasteiger charge is 2.19. The molecule has 8 nitrogen and oxygen atoms in total. The monoisotopic (exact) mass is 388 g/mol. The van der Waals surface area contributed by atoms with Crippen molar-refractivity contribution in [2.24, 2.45) is 0 Å². The number of nitriles is 1. The minimum Gasteiger partial charge on any atom is -0.497 e. The molecule has 0 radical (unpaired) electrons. The van der Waals surface area contributed by atoms with E-state index in [-0.39, 0.29) is 22.2 Å². The zero-order chi connectivity index (χ0) is 20.7. The third-order valence-corrected chi connectivity index (χ3v) is 4.75. The maximum atomic E-state index is 13.1. The van der Waals surface area contributed by atoms with Crippen molar-refractivity contribution in [2.45, 2.75) is 6.92 Å². The van der Waals surface area contributed by atoms with Gasteiger partial charge in [-0.1, -0.05) is 6.07 Å². The number of rotatable bonds is 3. The van der Waals surface area contributed by atoms with Crippen LogP contribution in [-0.4, -0.2) is 28.2 Å². The molecule has 0 N–H and O–H groups in total. The molecule has 0 aliphatic heterocycles. The van der Waals surface area contributed by atoms with Crippen LogP contribution in [0.25, 0.3) is 22.4 Å². The number of benzene rings is 1. The topological polar surface area (TPSA) is 98.6 Å². The fourth-order valence-electron chi connectivity index (χ4n) is 3.29. The van der Waals surface area contributed by atoms with Crippen molar-refractivity contribution in [2.75, 3.05) is 14.2 Å². The van der Waals surface area contributed by atoms with Gasteiger partial charge in [0.1, 0.15) is 28.8 Å². The Bertz CT molecular complexity index is 1440. The van der Waals surface area contributed by atoms with Gasteiger partial charge in [-0.2, -0.15) is 5.26 Å². The van der Waals surface area contributed by atoms with Gasteiger partial charge in [0.05, 0.1) is 25.3 Å². The Kier molecular flexibility index (Phi) is 4.28. The van der Waals surface area contributed by atoms with Crippen LogP contribution in [-0.2, 0) is 0 Å². The summed E-state index contributed by atoms with van der Waals surface area (Å²) in [4.78, 5) is 30.8. The molecule has 0 unspecified atom stereocenters. The molecule has 4 aromatic rings. The van der Waals surface area contributed by atoms with E-state index in [0.717, 1.165) is 5.56 Å². The van der Waals surface area contributed by atoms with Crippen LogP contribution < -0.4 is 20.6 Å². The fraction of sp³-hybridized carbons (Fsp3) is 0.143. The third kappa shape index (κ3) is 2.72. The summed E-state index contributed by atoms with van der Waals surface area (Å²) in [5.41, 5.74) is 0.579. The van der Waals surface area contributed by atoms with Gasteiger partial charge in [-0.25, -0.2) is 4.98 Å². The van der Waals surface area contributed by atoms with Gasteiger partial charge in [0.2, 0.25) is 0 Å². The summed E-state index contributed by atoms with van der Waals surface area (Å²) >= 11 is 0. The zero-order valence-electron chi connectivity index (χ0n) is 16.0. The number of ether oxygens (including phenoxy) is 2. The molecule has 0 saturated carbocycles. The molecule has 0 saturated heterocycles. The van der Waals surface area contributed by atoms with Crippen molar-refractivity contribution in [1.29, 1.82) is 5.26 Å². The first-order valence-corrected chi connectivity index (χ1v) is 8.70. The molecule has 0 bridgehead atoms. The molecular weight excluding hydrogens is 372 g/mol. The first-order chi connectivity index (χ1) is 14.0. The molecule has 1 aromatic carbocycles. The summed E-state index contributed by atoms with van der Waals surface area (Å²) in [5.74, 6) is 0.878. The van der Waals surface area contributed by atoms with E-state index in [1.807, 2.05) is 19.1 Å². The maximum absolute atomic E-state index is 13.1. The number of pyridine rings is 2. The van der Waals surface area contributed by atoms with Gasteiger partial charge < -0.3 is 9.47 Å². The molecule has 0 amide bonds. The lowest BCUT2D eigenvalue weighted by Gasteiger charge is -2.15. The van der Waals surface area contributed by atoms with Crippen LogP contribution in [0.4, 0.5) is 0 Å². The average molecular weight is 388 g/mol. The Morgan fingerprint density at radius 1 is 1.03 bits per heavy atom. The van der Waals surface area contributed by atoms with Crippen molar-refractivity contribution in [3.05, 3.63) is 74.4 Å². The largest absolute Gasteiger partial charge is 0.497 e. The molecule has 0 aliphatic carbocycles. The Morgan fingerprint density at radius 2 is 1.83 bits per heavy atom. The maximum Gasteiger partial charge on any atom is 0.274 e. The average Bonchev–Trinajstić information content (AvgIpc) is 2.74. The second kappa shape index (κ2) is 6.80. The highest BCUT2D eigenvalue weighted by molar-refractivity contribution is 5.80. The van der Waals surface area contributed by atoms with Crippen molar-refractivity contribution in [3.8, 4) is 23.3 Å². The highest BCUT2D eigenvalue weighted by Crippen LogP contribution is 2.28. The predicted octanol–water partition coefficient (Wildman–Crippen LogP) is 2.20. The van der Waals surface area contributed by atoms with E-state index >= 15 is 0 Å². The summed E-state index contributed by atoms with van der Waals surface area (Å²) in [6.45, 7) is 1.83. The normalized spacial score (nSPS) is 10.8. The Balaban J connectivity index is 2.25. The molecule has 0 atom stereocenters.